The van der Waals surface area contributed by atoms with E-state index in [4.69, 9.17) is 0 Å². The van der Waals surface area contributed by atoms with E-state index in [0.717, 1.165) is 16.4 Å². The zero-order valence-corrected chi connectivity index (χ0v) is 9.62. The molecule has 1 fully saturated rings. The van der Waals surface area contributed by atoms with E-state index < -0.39 is 0 Å². The Morgan fingerprint density at radius 2 is 2.00 bits per heavy atom. The zero-order valence-electron chi connectivity index (χ0n) is 8.80. The second-order valence-electron chi connectivity index (χ2n) is 4.52. The van der Waals surface area contributed by atoms with Crippen molar-refractivity contribution in [3.05, 3.63) is 48.0 Å². The minimum absolute atomic E-state index is 0.843. The summed E-state index contributed by atoms with van der Waals surface area (Å²) in [6, 6.07) is 10.9. The number of rotatable bonds is 3. The Balaban J connectivity index is 1.57. The number of fused-ring (bicyclic) bond motifs is 2. The fourth-order valence-electron chi connectivity index (χ4n) is 2.63. The molecular formula is C14H16S. The van der Waals surface area contributed by atoms with Gasteiger partial charge >= 0.3 is 0 Å². The first kappa shape index (κ1) is 9.53. The Morgan fingerprint density at radius 1 is 1.13 bits per heavy atom. The molecule has 1 heteroatoms. The molecule has 78 valence electrons. The molecule has 0 aromatic heterocycles. The summed E-state index contributed by atoms with van der Waals surface area (Å²) < 4.78 is 0. The van der Waals surface area contributed by atoms with Crippen molar-refractivity contribution in [3.63, 3.8) is 0 Å². The summed E-state index contributed by atoms with van der Waals surface area (Å²) in [6.45, 7) is 0. The van der Waals surface area contributed by atoms with Gasteiger partial charge in [-0.15, -0.1) is 0 Å². The van der Waals surface area contributed by atoms with Gasteiger partial charge in [-0.1, -0.05) is 42.5 Å². The first-order valence-electron chi connectivity index (χ1n) is 5.79. The lowest BCUT2D eigenvalue weighted by Crippen LogP contribution is -2.10. The highest BCUT2D eigenvalue weighted by Crippen LogP contribution is 2.46. The van der Waals surface area contributed by atoms with Crippen LogP contribution in [0.15, 0.2) is 42.5 Å². The summed E-state index contributed by atoms with van der Waals surface area (Å²) in [5.41, 5.74) is 1.49. The largest absolute Gasteiger partial charge is 0.150 e. The van der Waals surface area contributed by atoms with Crippen LogP contribution in [0.1, 0.15) is 18.4 Å². The second kappa shape index (κ2) is 4.05. The molecule has 0 spiro atoms. The van der Waals surface area contributed by atoms with Gasteiger partial charge < -0.3 is 0 Å². The highest BCUT2D eigenvalue weighted by molar-refractivity contribution is 8.01. The van der Waals surface area contributed by atoms with E-state index >= 15 is 0 Å². The first-order chi connectivity index (χ1) is 7.42. The minimum atomic E-state index is 0.843. The molecule has 2 aliphatic rings. The molecule has 15 heavy (non-hydrogen) atoms. The van der Waals surface area contributed by atoms with Crippen LogP contribution in [0.4, 0.5) is 0 Å². The second-order valence-corrected chi connectivity index (χ2v) is 6.00. The molecule has 1 heterocycles. The predicted octanol–water partition coefficient (Wildman–Crippen LogP) is 3.68. The molecule has 0 amide bonds. The number of thioether (sulfide) groups is 1. The van der Waals surface area contributed by atoms with E-state index in [2.05, 4.69) is 54.2 Å². The third-order valence-corrected chi connectivity index (χ3v) is 5.10. The van der Waals surface area contributed by atoms with Crippen molar-refractivity contribution in [2.45, 2.75) is 29.8 Å². The van der Waals surface area contributed by atoms with Gasteiger partial charge in [-0.25, -0.2) is 0 Å². The van der Waals surface area contributed by atoms with E-state index in [1.54, 1.807) is 0 Å². The molecule has 1 aromatic carbocycles. The zero-order chi connectivity index (χ0) is 10.1. The third kappa shape index (κ3) is 1.98. The van der Waals surface area contributed by atoms with Gasteiger partial charge in [0.25, 0.3) is 0 Å². The van der Waals surface area contributed by atoms with Crippen LogP contribution in [-0.4, -0.2) is 10.5 Å². The van der Waals surface area contributed by atoms with Crippen molar-refractivity contribution in [2.24, 2.45) is 5.92 Å². The van der Waals surface area contributed by atoms with Gasteiger partial charge in [-0.2, -0.15) is 11.8 Å². The van der Waals surface area contributed by atoms with E-state index in [1.165, 1.54) is 24.8 Å². The average molecular weight is 216 g/mol. The molecule has 3 atom stereocenters. The molecule has 1 aromatic rings. The standard InChI is InChI=1S/C14H16S/c1-2-4-11(5-3-1)6-9-14-12-7-8-13(10-12)15-14/h1-5,7-8,12-14H,6,9-10H2/t12-,13+,14+/m1/s1. The first-order valence-corrected chi connectivity index (χ1v) is 6.74. The number of hydrogen-bond acceptors (Lipinski definition) is 1. The average Bonchev–Trinajstić information content (AvgIpc) is 2.89. The van der Waals surface area contributed by atoms with Crippen LogP contribution in [0.25, 0.3) is 0 Å². The molecule has 0 nitrogen and oxygen atoms in total. The van der Waals surface area contributed by atoms with Crippen LogP contribution < -0.4 is 0 Å². The van der Waals surface area contributed by atoms with Crippen LogP contribution in [0.2, 0.25) is 0 Å². The van der Waals surface area contributed by atoms with Gasteiger partial charge in [0.1, 0.15) is 0 Å². The summed E-state index contributed by atoms with van der Waals surface area (Å²) in [4.78, 5) is 0. The lowest BCUT2D eigenvalue weighted by molar-refractivity contribution is 0.600. The normalized spacial score (nSPS) is 32.4. The lowest BCUT2D eigenvalue weighted by Gasteiger charge is -2.17. The molecule has 0 saturated carbocycles. The van der Waals surface area contributed by atoms with Crippen LogP contribution in [0.5, 0.6) is 0 Å². The Bertz CT molecular complexity index is 355. The maximum Gasteiger partial charge on any atom is 0.0236 e. The van der Waals surface area contributed by atoms with Crippen molar-refractivity contribution in [1.29, 1.82) is 0 Å². The monoisotopic (exact) mass is 216 g/mol. The summed E-state index contributed by atoms with van der Waals surface area (Å²) in [7, 11) is 0. The minimum Gasteiger partial charge on any atom is -0.150 e. The van der Waals surface area contributed by atoms with Gasteiger partial charge in [0.05, 0.1) is 0 Å². The van der Waals surface area contributed by atoms with E-state index in [9.17, 15) is 0 Å². The number of benzene rings is 1. The maximum atomic E-state index is 2.44. The molecule has 3 rings (SSSR count). The molecule has 2 bridgehead atoms. The highest BCUT2D eigenvalue weighted by Gasteiger charge is 2.35. The quantitative estimate of drug-likeness (QED) is 0.695. The van der Waals surface area contributed by atoms with Gasteiger partial charge in [-0.3, -0.25) is 0 Å². The third-order valence-electron chi connectivity index (χ3n) is 3.46. The molecule has 1 saturated heterocycles. The molecule has 0 N–H and O–H groups in total. The van der Waals surface area contributed by atoms with Crippen LogP contribution in [0, 0.1) is 5.92 Å². The van der Waals surface area contributed by atoms with Crippen molar-refractivity contribution in [3.8, 4) is 0 Å². The maximum absolute atomic E-state index is 2.44. The Morgan fingerprint density at radius 3 is 2.67 bits per heavy atom. The summed E-state index contributed by atoms with van der Waals surface area (Å²) in [5, 5.41) is 1.73. The van der Waals surface area contributed by atoms with Crippen LogP contribution in [-0.2, 0) is 6.42 Å². The summed E-state index contributed by atoms with van der Waals surface area (Å²) in [6.07, 6.45) is 8.84. The number of aryl methyl sites for hydroxylation is 1. The van der Waals surface area contributed by atoms with Gasteiger partial charge in [0.2, 0.25) is 0 Å². The molecule has 0 unspecified atom stereocenters. The van der Waals surface area contributed by atoms with Crippen molar-refractivity contribution in [2.75, 3.05) is 0 Å². The fourth-order valence-corrected chi connectivity index (χ4v) is 4.25. The summed E-state index contributed by atoms with van der Waals surface area (Å²) >= 11 is 2.19. The van der Waals surface area contributed by atoms with Crippen molar-refractivity contribution < 1.29 is 0 Å². The SMILES string of the molecule is C1=C[C@H]2C[C@@H]1[C@H](CCc1ccccc1)S2. The Kier molecular flexibility index (Phi) is 2.57. The predicted molar refractivity (Wildman–Crippen MR) is 67.2 cm³/mol. The topological polar surface area (TPSA) is 0 Å². The van der Waals surface area contributed by atoms with E-state index in [1.807, 2.05) is 0 Å². The smallest absolute Gasteiger partial charge is 0.0236 e. The molecule has 1 aliphatic carbocycles. The molecule has 1 aliphatic heterocycles. The number of hydrogen-bond donors (Lipinski definition) is 0. The highest BCUT2D eigenvalue weighted by atomic mass is 32.2. The lowest BCUT2D eigenvalue weighted by atomic mass is 9.99. The molecular weight excluding hydrogens is 200 g/mol. The van der Waals surface area contributed by atoms with Gasteiger partial charge in [-0.05, 0) is 30.7 Å². The van der Waals surface area contributed by atoms with E-state index in [-0.39, 0.29) is 0 Å². The van der Waals surface area contributed by atoms with Crippen LogP contribution in [0.3, 0.4) is 0 Å². The Hall–Kier alpha value is -0.690. The number of allylic oxidation sites excluding steroid dienone is 1. The summed E-state index contributed by atoms with van der Waals surface area (Å²) in [5.74, 6) is 0.878. The van der Waals surface area contributed by atoms with Crippen molar-refractivity contribution in [1.82, 2.24) is 0 Å². The molecule has 0 radical (unpaired) electrons. The van der Waals surface area contributed by atoms with Gasteiger partial charge in [0.15, 0.2) is 0 Å². The van der Waals surface area contributed by atoms with Gasteiger partial charge in [0, 0.05) is 10.5 Å². The van der Waals surface area contributed by atoms with Crippen LogP contribution >= 0.6 is 11.8 Å². The Labute approximate surface area is 95.8 Å². The van der Waals surface area contributed by atoms with E-state index in [0.29, 0.717) is 0 Å². The van der Waals surface area contributed by atoms with Crippen molar-refractivity contribution >= 4 is 11.8 Å². The fraction of sp³-hybridized carbons (Fsp3) is 0.429.